The zero-order chi connectivity index (χ0) is 14.7. The Balaban J connectivity index is 2.29. The third kappa shape index (κ3) is 6.27. The molecule has 112 valence electrons. The Morgan fingerprint density at radius 3 is 2.16 bits per heavy atom. The maximum atomic E-state index is 11.5. The number of ether oxygens (including phenoxy) is 1. The van der Waals surface area contributed by atoms with Gasteiger partial charge in [0.15, 0.2) is 0 Å². The summed E-state index contributed by atoms with van der Waals surface area (Å²) in [6.45, 7) is 6.03. The van der Waals surface area contributed by atoms with Gasteiger partial charge in [0, 0.05) is 12.8 Å². The lowest BCUT2D eigenvalue weighted by atomic mass is 9.89. The van der Waals surface area contributed by atoms with Gasteiger partial charge < -0.3 is 10.1 Å². The summed E-state index contributed by atoms with van der Waals surface area (Å²) in [5.74, 6) is 0.352. The summed E-state index contributed by atoms with van der Waals surface area (Å²) in [6, 6.07) is 0. The zero-order valence-electron chi connectivity index (χ0n) is 12.2. The third-order valence-electron chi connectivity index (χ3n) is 3.33. The van der Waals surface area contributed by atoms with Crippen molar-refractivity contribution in [3.63, 3.8) is 0 Å². The highest BCUT2D eigenvalue weighted by molar-refractivity contribution is 7.91. The smallest absolute Gasteiger partial charge is 0.407 e. The summed E-state index contributed by atoms with van der Waals surface area (Å²) >= 11 is 0. The van der Waals surface area contributed by atoms with Crippen molar-refractivity contribution in [3.8, 4) is 0 Å². The lowest BCUT2D eigenvalue weighted by molar-refractivity contribution is 0.0515. The molecular weight excluding hydrogens is 266 g/mol. The fourth-order valence-electron chi connectivity index (χ4n) is 2.31. The van der Waals surface area contributed by atoms with Crippen LogP contribution >= 0.6 is 0 Å². The molecule has 1 rings (SSSR count). The molecule has 0 heterocycles. The summed E-state index contributed by atoms with van der Waals surface area (Å²) in [5.41, 5.74) is -0.488. The van der Waals surface area contributed by atoms with Crippen molar-refractivity contribution >= 4 is 15.9 Å². The molecule has 0 aromatic heterocycles. The van der Waals surface area contributed by atoms with Gasteiger partial charge in [-0.25, -0.2) is 13.2 Å². The molecule has 0 aliphatic heterocycles. The number of rotatable bonds is 3. The molecule has 6 heteroatoms. The molecule has 1 saturated carbocycles. The molecule has 0 unspecified atom stereocenters. The molecule has 19 heavy (non-hydrogen) atoms. The van der Waals surface area contributed by atoms with E-state index in [-0.39, 0.29) is 5.25 Å². The molecule has 0 spiro atoms. The Morgan fingerprint density at radius 1 is 1.21 bits per heavy atom. The summed E-state index contributed by atoms with van der Waals surface area (Å²) in [6.07, 6.45) is 3.97. The number of alkyl carbamates (subject to hydrolysis) is 1. The van der Waals surface area contributed by atoms with Gasteiger partial charge in [-0.15, -0.1) is 0 Å². The van der Waals surface area contributed by atoms with E-state index >= 15 is 0 Å². The maximum absolute atomic E-state index is 11.5. The molecule has 5 nitrogen and oxygen atoms in total. The molecule has 0 saturated heterocycles. The molecule has 0 bridgehead atoms. The molecule has 1 N–H and O–H groups in total. The number of amides is 1. The van der Waals surface area contributed by atoms with Crippen molar-refractivity contribution in [2.45, 2.75) is 57.3 Å². The van der Waals surface area contributed by atoms with Crippen LogP contribution in [-0.2, 0) is 14.6 Å². The van der Waals surface area contributed by atoms with Crippen LogP contribution in [0, 0.1) is 5.92 Å². The second-order valence-electron chi connectivity index (χ2n) is 6.36. The van der Waals surface area contributed by atoms with Crippen molar-refractivity contribution in [2.24, 2.45) is 5.92 Å². The largest absolute Gasteiger partial charge is 0.444 e. The predicted octanol–water partition coefficient (Wildman–Crippen LogP) is 2.11. The van der Waals surface area contributed by atoms with Gasteiger partial charge in [-0.2, -0.15) is 0 Å². The topological polar surface area (TPSA) is 72.5 Å². The minimum Gasteiger partial charge on any atom is -0.444 e. The number of carbonyl (C=O) groups is 1. The molecule has 1 aliphatic carbocycles. The average Bonchev–Trinajstić information content (AvgIpc) is 2.23. The van der Waals surface area contributed by atoms with Crippen molar-refractivity contribution in [1.29, 1.82) is 0 Å². The van der Waals surface area contributed by atoms with Crippen LogP contribution in [-0.4, -0.2) is 38.2 Å². The van der Waals surface area contributed by atoms with Crippen molar-refractivity contribution in [1.82, 2.24) is 5.32 Å². The van der Waals surface area contributed by atoms with Crippen LogP contribution in [0.3, 0.4) is 0 Å². The van der Waals surface area contributed by atoms with E-state index in [4.69, 9.17) is 4.74 Å². The SMILES string of the molecule is CC(C)(C)OC(=O)NCC1CCC(S(C)(=O)=O)CC1. The number of hydrogen-bond donors (Lipinski definition) is 1. The molecule has 0 radical (unpaired) electrons. The van der Waals surface area contributed by atoms with Gasteiger partial charge in [-0.05, 0) is 52.4 Å². The summed E-state index contributed by atoms with van der Waals surface area (Å²) < 4.78 is 28.0. The van der Waals surface area contributed by atoms with E-state index < -0.39 is 21.5 Å². The van der Waals surface area contributed by atoms with Gasteiger partial charge in [0.25, 0.3) is 0 Å². The van der Waals surface area contributed by atoms with Crippen molar-refractivity contribution in [2.75, 3.05) is 12.8 Å². The average molecular weight is 291 g/mol. The van der Waals surface area contributed by atoms with Crippen LogP contribution in [0.1, 0.15) is 46.5 Å². The summed E-state index contributed by atoms with van der Waals surface area (Å²) in [4.78, 5) is 11.5. The van der Waals surface area contributed by atoms with E-state index in [2.05, 4.69) is 5.32 Å². The summed E-state index contributed by atoms with van der Waals surface area (Å²) in [5, 5.41) is 2.55. The van der Waals surface area contributed by atoms with E-state index in [1.54, 1.807) is 0 Å². The normalized spacial score (nSPS) is 24.8. The van der Waals surface area contributed by atoms with Gasteiger partial charge in [0.1, 0.15) is 15.4 Å². The van der Waals surface area contributed by atoms with Crippen LogP contribution in [0.2, 0.25) is 0 Å². The Morgan fingerprint density at radius 2 is 1.74 bits per heavy atom. The standard InChI is InChI=1S/C13H25NO4S/c1-13(2,3)18-12(15)14-9-10-5-7-11(8-6-10)19(4,16)17/h10-11H,5-9H2,1-4H3,(H,14,15). The molecule has 1 aliphatic rings. The highest BCUT2D eigenvalue weighted by atomic mass is 32.2. The van der Waals surface area contributed by atoms with Crippen LogP contribution < -0.4 is 5.32 Å². The van der Waals surface area contributed by atoms with Crippen LogP contribution in [0.15, 0.2) is 0 Å². The number of carbonyl (C=O) groups excluding carboxylic acids is 1. The number of hydrogen-bond acceptors (Lipinski definition) is 4. The first-order chi connectivity index (χ1) is 8.58. The molecular formula is C13H25NO4S. The molecule has 0 aromatic carbocycles. The number of sulfone groups is 1. The van der Waals surface area contributed by atoms with Crippen LogP contribution in [0.5, 0.6) is 0 Å². The molecule has 0 aromatic rings. The number of nitrogens with one attached hydrogen (secondary N) is 1. The fraction of sp³-hybridized carbons (Fsp3) is 0.923. The molecule has 0 atom stereocenters. The first-order valence-corrected chi connectivity index (χ1v) is 8.69. The minimum atomic E-state index is -2.92. The van der Waals surface area contributed by atoms with E-state index in [1.807, 2.05) is 20.8 Å². The minimum absolute atomic E-state index is 0.203. The maximum Gasteiger partial charge on any atom is 0.407 e. The van der Waals surface area contributed by atoms with E-state index in [1.165, 1.54) is 6.26 Å². The Bertz CT molecular complexity index is 403. The highest BCUT2D eigenvalue weighted by Gasteiger charge is 2.28. The predicted molar refractivity (Wildman–Crippen MR) is 74.8 cm³/mol. The Hall–Kier alpha value is -0.780. The monoisotopic (exact) mass is 291 g/mol. The molecule has 1 amide bonds. The van der Waals surface area contributed by atoms with Crippen LogP contribution in [0.25, 0.3) is 0 Å². The second-order valence-corrected chi connectivity index (χ2v) is 8.68. The quantitative estimate of drug-likeness (QED) is 0.864. The van der Waals surface area contributed by atoms with E-state index in [0.29, 0.717) is 25.3 Å². The molecule has 1 fully saturated rings. The highest BCUT2D eigenvalue weighted by Crippen LogP contribution is 2.27. The fourth-order valence-corrected chi connectivity index (χ4v) is 3.43. The van der Waals surface area contributed by atoms with Gasteiger partial charge in [0.05, 0.1) is 5.25 Å². The van der Waals surface area contributed by atoms with E-state index in [0.717, 1.165) is 12.8 Å². The Kier molecular flexibility index (Phi) is 5.24. The third-order valence-corrected chi connectivity index (χ3v) is 5.02. The van der Waals surface area contributed by atoms with Gasteiger partial charge in [-0.1, -0.05) is 0 Å². The summed E-state index contributed by atoms with van der Waals surface area (Å²) in [7, 11) is -2.92. The Labute approximate surface area is 116 Å². The van der Waals surface area contributed by atoms with Crippen LogP contribution in [0.4, 0.5) is 4.79 Å². The lowest BCUT2D eigenvalue weighted by Crippen LogP contribution is -2.37. The van der Waals surface area contributed by atoms with Crippen molar-refractivity contribution < 1.29 is 17.9 Å². The van der Waals surface area contributed by atoms with Crippen molar-refractivity contribution in [3.05, 3.63) is 0 Å². The van der Waals surface area contributed by atoms with E-state index in [9.17, 15) is 13.2 Å². The zero-order valence-corrected chi connectivity index (χ0v) is 13.0. The second kappa shape index (κ2) is 6.11. The first kappa shape index (κ1) is 16.3. The lowest BCUT2D eigenvalue weighted by Gasteiger charge is -2.28. The van der Waals surface area contributed by atoms with Gasteiger partial charge >= 0.3 is 6.09 Å². The van der Waals surface area contributed by atoms with Gasteiger partial charge in [-0.3, -0.25) is 0 Å². The first-order valence-electron chi connectivity index (χ1n) is 6.73. The van der Waals surface area contributed by atoms with Gasteiger partial charge in [0.2, 0.25) is 0 Å².